The fourth-order valence-electron chi connectivity index (χ4n) is 2.68. The summed E-state index contributed by atoms with van der Waals surface area (Å²) >= 11 is 0. The van der Waals surface area contributed by atoms with Crippen molar-refractivity contribution in [2.45, 2.75) is 0 Å². The molecule has 0 spiro atoms. The summed E-state index contributed by atoms with van der Waals surface area (Å²) in [4.78, 5) is 12.3. The highest BCUT2D eigenvalue weighted by atomic mass is 19.2. The van der Waals surface area contributed by atoms with E-state index in [0.29, 0.717) is 34.1 Å². The topological polar surface area (TPSA) is 63.2 Å². The Balaban J connectivity index is 2.21. The summed E-state index contributed by atoms with van der Waals surface area (Å²) in [5.41, 5.74) is 1.31. The largest absolute Gasteiger partial charge is 0.796 e. The molecule has 0 saturated carbocycles. The molecular formula is C23H23BF2O6. The number of ketones is 1. The molecule has 2 aromatic rings. The molecule has 0 atom stereocenters. The summed E-state index contributed by atoms with van der Waals surface area (Å²) in [6, 6.07) is 10.1. The SMILES string of the molecule is COc1ccc(/C=C/C(=O)/C=C(/C=C/c2ccc(OC)c(OC)c2)OB(F)F)cc1OC. The Morgan fingerprint density at radius 3 is 1.66 bits per heavy atom. The molecule has 0 aliphatic rings. The molecule has 0 heterocycles. The smallest absolute Gasteiger partial charge is 0.505 e. The standard InChI is InChI=1S/C23H23BF2O6/c1-28-20-11-7-16(13-22(20)30-3)5-9-18(27)15-19(32-24(25)26)10-6-17-8-12-21(29-2)23(14-17)31-4/h5-15H,1-4H3/b9-5+,10-6+,19-15-. The van der Waals surface area contributed by atoms with Crippen molar-refractivity contribution >= 4 is 25.4 Å². The highest BCUT2D eigenvalue weighted by molar-refractivity contribution is 6.35. The molecule has 0 saturated heterocycles. The predicted molar refractivity (Wildman–Crippen MR) is 119 cm³/mol. The molecule has 2 rings (SSSR count). The van der Waals surface area contributed by atoms with Gasteiger partial charge in [-0.1, -0.05) is 24.3 Å². The molecule has 0 aliphatic carbocycles. The van der Waals surface area contributed by atoms with Crippen LogP contribution in [0.15, 0.2) is 60.4 Å². The first-order valence-corrected chi connectivity index (χ1v) is 9.40. The Kier molecular flexibility index (Phi) is 9.34. The third kappa shape index (κ3) is 7.19. The van der Waals surface area contributed by atoms with Crippen molar-refractivity contribution < 1.29 is 37.0 Å². The quantitative estimate of drug-likeness (QED) is 0.214. The fourth-order valence-corrected chi connectivity index (χ4v) is 2.68. The second kappa shape index (κ2) is 12.2. The first kappa shape index (κ1) is 24.5. The minimum atomic E-state index is -3.08. The number of ether oxygens (including phenoxy) is 4. The molecule has 2 aromatic carbocycles. The monoisotopic (exact) mass is 444 g/mol. The van der Waals surface area contributed by atoms with Crippen LogP contribution >= 0.6 is 0 Å². The van der Waals surface area contributed by atoms with E-state index in [1.807, 2.05) is 0 Å². The molecule has 0 aromatic heterocycles. The zero-order chi connectivity index (χ0) is 23.5. The Bertz CT molecular complexity index is 1020. The summed E-state index contributed by atoms with van der Waals surface area (Å²) in [6.07, 6.45) is 6.52. The van der Waals surface area contributed by atoms with Crippen molar-refractivity contribution in [2.75, 3.05) is 28.4 Å². The van der Waals surface area contributed by atoms with Gasteiger partial charge in [0.05, 0.1) is 28.4 Å². The van der Waals surface area contributed by atoms with Crippen LogP contribution < -0.4 is 18.9 Å². The van der Waals surface area contributed by atoms with Crippen molar-refractivity contribution in [1.29, 1.82) is 0 Å². The minimum absolute atomic E-state index is 0.295. The average Bonchev–Trinajstić information content (AvgIpc) is 2.80. The van der Waals surface area contributed by atoms with Crippen LogP contribution in [0.1, 0.15) is 11.1 Å². The van der Waals surface area contributed by atoms with E-state index in [2.05, 4.69) is 4.65 Å². The number of hydrogen-bond donors (Lipinski definition) is 0. The number of hydrogen-bond acceptors (Lipinski definition) is 6. The number of halogens is 2. The van der Waals surface area contributed by atoms with Gasteiger partial charge in [-0.3, -0.25) is 4.79 Å². The van der Waals surface area contributed by atoms with Gasteiger partial charge in [0.2, 0.25) is 0 Å². The number of benzene rings is 2. The molecule has 0 fully saturated rings. The minimum Gasteiger partial charge on any atom is -0.505 e. The van der Waals surface area contributed by atoms with E-state index < -0.39 is 13.3 Å². The lowest BCUT2D eigenvalue weighted by Crippen LogP contribution is -2.04. The van der Waals surface area contributed by atoms with Gasteiger partial charge in [0, 0.05) is 6.08 Å². The van der Waals surface area contributed by atoms with Crippen LogP contribution in [-0.2, 0) is 9.45 Å². The summed E-state index contributed by atoms with van der Waals surface area (Å²) in [6.45, 7) is 0. The molecule has 32 heavy (non-hydrogen) atoms. The fraction of sp³-hybridized carbons (Fsp3) is 0.174. The highest BCUT2D eigenvalue weighted by Gasteiger charge is 2.18. The molecule has 0 bridgehead atoms. The maximum Gasteiger partial charge on any atom is 0.796 e. The van der Waals surface area contributed by atoms with Gasteiger partial charge < -0.3 is 23.6 Å². The lowest BCUT2D eigenvalue weighted by atomic mass is 10.1. The second-order valence-electron chi connectivity index (χ2n) is 6.22. The number of carbonyl (C=O) groups excluding carboxylic acids is 1. The van der Waals surface area contributed by atoms with E-state index in [4.69, 9.17) is 18.9 Å². The maximum absolute atomic E-state index is 12.8. The molecule has 6 nitrogen and oxygen atoms in total. The van der Waals surface area contributed by atoms with Gasteiger partial charge in [0.1, 0.15) is 5.76 Å². The van der Waals surface area contributed by atoms with E-state index in [-0.39, 0.29) is 5.76 Å². The van der Waals surface area contributed by atoms with Crippen LogP contribution in [0.5, 0.6) is 23.0 Å². The Labute approximate surface area is 185 Å². The lowest BCUT2D eigenvalue weighted by molar-refractivity contribution is -0.110. The predicted octanol–water partition coefficient (Wildman–Crippen LogP) is 4.84. The van der Waals surface area contributed by atoms with Gasteiger partial charge in [-0.05, 0) is 47.5 Å². The number of carbonyl (C=O) groups is 1. The summed E-state index contributed by atoms with van der Waals surface area (Å²) in [7, 11) is 2.92. The van der Waals surface area contributed by atoms with Crippen LogP contribution in [0.25, 0.3) is 12.2 Å². The second-order valence-corrected chi connectivity index (χ2v) is 6.22. The zero-order valence-electron chi connectivity index (χ0n) is 18.1. The van der Waals surface area contributed by atoms with Gasteiger partial charge in [-0.25, -0.2) is 8.63 Å². The third-order valence-electron chi connectivity index (χ3n) is 4.20. The molecule has 168 valence electrons. The highest BCUT2D eigenvalue weighted by Crippen LogP contribution is 2.29. The average molecular weight is 444 g/mol. The van der Waals surface area contributed by atoms with Crippen molar-refractivity contribution in [3.8, 4) is 23.0 Å². The molecular weight excluding hydrogens is 421 g/mol. The first-order chi connectivity index (χ1) is 15.4. The van der Waals surface area contributed by atoms with Crippen LogP contribution in [-0.4, -0.2) is 41.7 Å². The number of rotatable bonds is 11. The Hall–Kier alpha value is -3.75. The number of allylic oxidation sites excluding steroid dienone is 3. The maximum atomic E-state index is 12.8. The van der Waals surface area contributed by atoms with Gasteiger partial charge in [0.25, 0.3) is 0 Å². The van der Waals surface area contributed by atoms with E-state index in [0.717, 1.165) is 6.08 Å². The van der Waals surface area contributed by atoms with Crippen molar-refractivity contribution in [3.05, 3.63) is 71.5 Å². The van der Waals surface area contributed by atoms with Crippen LogP contribution in [0, 0.1) is 0 Å². The van der Waals surface area contributed by atoms with Gasteiger partial charge in [-0.2, -0.15) is 0 Å². The summed E-state index contributed by atoms with van der Waals surface area (Å²) in [5, 5.41) is 0. The van der Waals surface area contributed by atoms with Gasteiger partial charge >= 0.3 is 7.47 Å². The van der Waals surface area contributed by atoms with Crippen molar-refractivity contribution in [1.82, 2.24) is 0 Å². The van der Waals surface area contributed by atoms with Gasteiger partial charge in [-0.15, -0.1) is 0 Å². The van der Waals surface area contributed by atoms with Crippen LogP contribution in [0.3, 0.4) is 0 Å². The van der Waals surface area contributed by atoms with E-state index in [9.17, 15) is 13.4 Å². The van der Waals surface area contributed by atoms with Crippen LogP contribution in [0.2, 0.25) is 0 Å². The molecule has 0 N–H and O–H groups in total. The zero-order valence-corrected chi connectivity index (χ0v) is 18.1. The van der Waals surface area contributed by atoms with E-state index in [1.54, 1.807) is 36.4 Å². The molecule has 9 heteroatoms. The number of methoxy groups -OCH3 is 4. The Morgan fingerprint density at radius 2 is 1.22 bits per heavy atom. The van der Waals surface area contributed by atoms with E-state index in [1.165, 1.54) is 52.7 Å². The lowest BCUT2D eigenvalue weighted by Gasteiger charge is -2.08. The molecule has 0 unspecified atom stereocenters. The van der Waals surface area contributed by atoms with E-state index >= 15 is 0 Å². The Morgan fingerprint density at radius 1 is 0.750 bits per heavy atom. The molecule has 0 amide bonds. The summed E-state index contributed by atoms with van der Waals surface area (Å²) in [5.74, 6) is 1.22. The van der Waals surface area contributed by atoms with Crippen molar-refractivity contribution in [2.24, 2.45) is 0 Å². The molecule has 0 aliphatic heterocycles. The third-order valence-corrected chi connectivity index (χ3v) is 4.20. The normalized spacial score (nSPS) is 11.5. The van der Waals surface area contributed by atoms with Gasteiger partial charge in [0.15, 0.2) is 28.8 Å². The summed E-state index contributed by atoms with van der Waals surface area (Å²) < 4.78 is 50.8. The molecule has 0 radical (unpaired) electrons. The van der Waals surface area contributed by atoms with Crippen molar-refractivity contribution in [3.63, 3.8) is 0 Å². The first-order valence-electron chi connectivity index (χ1n) is 9.40. The van der Waals surface area contributed by atoms with Crippen LogP contribution in [0.4, 0.5) is 8.63 Å².